The number of piperidine rings is 1. The van der Waals surface area contributed by atoms with Crippen molar-refractivity contribution in [2.75, 3.05) is 26.2 Å². The lowest BCUT2D eigenvalue weighted by Crippen LogP contribution is -2.43. The van der Waals surface area contributed by atoms with Gasteiger partial charge in [-0.05, 0) is 86.9 Å². The van der Waals surface area contributed by atoms with Crippen molar-refractivity contribution in [3.8, 4) is 11.8 Å². The highest BCUT2D eigenvalue weighted by Gasteiger charge is 2.41. The van der Waals surface area contributed by atoms with E-state index in [4.69, 9.17) is 15.1 Å². The lowest BCUT2D eigenvalue weighted by atomic mass is 9.74. The Morgan fingerprint density at radius 1 is 1.12 bits per heavy atom. The second-order valence-electron chi connectivity index (χ2n) is 9.46. The number of benzene rings is 2. The molecule has 168 valence electrons. The van der Waals surface area contributed by atoms with Gasteiger partial charge in [0.25, 0.3) is 0 Å². The fourth-order valence-corrected chi connectivity index (χ4v) is 5.00. The number of carboxylic acid groups (broad SMARTS) is 1. The van der Waals surface area contributed by atoms with Crippen LogP contribution >= 0.6 is 0 Å². The number of hydrogen-bond donors (Lipinski definition) is 1. The zero-order valence-electron chi connectivity index (χ0n) is 18.6. The van der Waals surface area contributed by atoms with Crippen molar-refractivity contribution >= 4 is 5.97 Å². The Kier molecular flexibility index (Phi) is 7.12. The summed E-state index contributed by atoms with van der Waals surface area (Å²) in [7, 11) is 0. The van der Waals surface area contributed by atoms with Crippen LogP contribution < -0.4 is 4.74 Å². The van der Waals surface area contributed by atoms with Gasteiger partial charge in [0.2, 0.25) is 0 Å². The summed E-state index contributed by atoms with van der Waals surface area (Å²) >= 11 is 0. The first kappa shape index (κ1) is 22.4. The molecule has 2 aromatic rings. The number of rotatable bonds is 10. The van der Waals surface area contributed by atoms with E-state index >= 15 is 0 Å². The molecule has 1 saturated heterocycles. The van der Waals surface area contributed by atoms with Gasteiger partial charge in [0.05, 0.1) is 24.7 Å². The quantitative estimate of drug-likeness (QED) is 0.567. The topological polar surface area (TPSA) is 73.6 Å². The maximum absolute atomic E-state index is 10.9. The van der Waals surface area contributed by atoms with Crippen LogP contribution in [0.25, 0.3) is 0 Å². The average Bonchev–Trinajstić information content (AvgIpc) is 3.62. The third kappa shape index (κ3) is 5.89. The number of hydrogen-bond acceptors (Lipinski definition) is 4. The molecule has 1 unspecified atom stereocenters. The van der Waals surface area contributed by atoms with Crippen molar-refractivity contribution < 1.29 is 14.6 Å². The second kappa shape index (κ2) is 10.2. The molecular formula is C27H32N2O3. The summed E-state index contributed by atoms with van der Waals surface area (Å²) < 4.78 is 6.22. The molecular weight excluding hydrogens is 400 g/mol. The number of ether oxygens (including phenoxy) is 1. The maximum atomic E-state index is 10.9. The third-order valence-corrected chi connectivity index (χ3v) is 7.28. The summed E-state index contributed by atoms with van der Waals surface area (Å²) in [5.41, 5.74) is 2.22. The van der Waals surface area contributed by atoms with Gasteiger partial charge in [0.1, 0.15) is 5.75 Å². The van der Waals surface area contributed by atoms with Gasteiger partial charge in [-0.1, -0.05) is 30.3 Å². The molecule has 2 aliphatic rings. The van der Waals surface area contributed by atoms with Gasteiger partial charge >= 0.3 is 5.97 Å². The highest BCUT2D eigenvalue weighted by atomic mass is 16.5. The Balaban J connectivity index is 1.35. The Morgan fingerprint density at radius 2 is 1.84 bits per heavy atom. The van der Waals surface area contributed by atoms with Crippen molar-refractivity contribution in [3.05, 3.63) is 65.7 Å². The second-order valence-corrected chi connectivity index (χ2v) is 9.46. The summed E-state index contributed by atoms with van der Waals surface area (Å²) in [4.78, 5) is 13.2. The molecule has 0 bridgehead atoms. The average molecular weight is 433 g/mol. The van der Waals surface area contributed by atoms with E-state index in [0.717, 1.165) is 44.0 Å². The summed E-state index contributed by atoms with van der Waals surface area (Å²) in [6.07, 6.45) is 5.91. The highest BCUT2D eigenvalue weighted by molar-refractivity contribution is 5.66. The Labute approximate surface area is 190 Å². The molecule has 2 atom stereocenters. The first-order valence-corrected chi connectivity index (χ1v) is 11.7. The zero-order chi connectivity index (χ0) is 22.4. The number of nitrogens with zero attached hydrogens (tertiary/aromatic N) is 2. The molecule has 1 N–H and O–H groups in total. The SMILES string of the molecule is N#Cc1ccc(OCC2(CC[C@@H]3CC3c3ccccc3)CCN(CCC(=O)O)CC2)cc1. The summed E-state index contributed by atoms with van der Waals surface area (Å²) in [5, 5.41) is 18.0. The van der Waals surface area contributed by atoms with Crippen molar-refractivity contribution in [1.29, 1.82) is 5.26 Å². The lowest BCUT2D eigenvalue weighted by molar-refractivity contribution is -0.137. The van der Waals surface area contributed by atoms with Crippen LogP contribution in [0.1, 0.15) is 55.6 Å². The van der Waals surface area contributed by atoms with Gasteiger partial charge in [0, 0.05) is 12.0 Å². The molecule has 0 spiro atoms. The predicted molar refractivity (Wildman–Crippen MR) is 124 cm³/mol. The van der Waals surface area contributed by atoms with E-state index in [9.17, 15) is 4.79 Å². The largest absolute Gasteiger partial charge is 0.493 e. The highest BCUT2D eigenvalue weighted by Crippen LogP contribution is 2.52. The molecule has 1 aliphatic heterocycles. The molecule has 1 saturated carbocycles. The van der Waals surface area contributed by atoms with E-state index in [1.807, 2.05) is 12.1 Å². The van der Waals surface area contributed by atoms with Crippen molar-refractivity contribution in [1.82, 2.24) is 4.90 Å². The van der Waals surface area contributed by atoms with Crippen LogP contribution in [-0.2, 0) is 4.79 Å². The van der Waals surface area contributed by atoms with Crippen LogP contribution in [0.15, 0.2) is 54.6 Å². The Morgan fingerprint density at radius 3 is 2.50 bits per heavy atom. The van der Waals surface area contributed by atoms with E-state index in [1.165, 1.54) is 18.4 Å². The number of aliphatic carboxylic acids is 1. The molecule has 0 radical (unpaired) electrons. The first-order valence-electron chi connectivity index (χ1n) is 11.7. The maximum Gasteiger partial charge on any atom is 0.304 e. The van der Waals surface area contributed by atoms with Gasteiger partial charge < -0.3 is 14.7 Å². The molecule has 0 aromatic heterocycles. The molecule has 2 aromatic carbocycles. The van der Waals surface area contributed by atoms with Crippen molar-refractivity contribution in [2.45, 2.75) is 44.4 Å². The number of likely N-dealkylation sites (tertiary alicyclic amines) is 1. The summed E-state index contributed by atoms with van der Waals surface area (Å²) in [6, 6.07) is 20.3. The summed E-state index contributed by atoms with van der Waals surface area (Å²) in [6.45, 7) is 3.16. The van der Waals surface area contributed by atoms with Crippen LogP contribution in [0, 0.1) is 22.7 Å². The number of carbonyl (C=O) groups is 1. The third-order valence-electron chi connectivity index (χ3n) is 7.28. The van der Waals surface area contributed by atoms with Gasteiger partial charge in [-0.25, -0.2) is 0 Å². The Hall–Kier alpha value is -2.84. The van der Waals surface area contributed by atoms with E-state index in [1.54, 1.807) is 12.1 Å². The fraction of sp³-hybridized carbons (Fsp3) is 0.481. The van der Waals surface area contributed by atoms with E-state index < -0.39 is 5.97 Å². The van der Waals surface area contributed by atoms with Crippen molar-refractivity contribution in [3.63, 3.8) is 0 Å². The lowest BCUT2D eigenvalue weighted by Gasteiger charge is -2.42. The number of carboxylic acids is 1. The zero-order valence-corrected chi connectivity index (χ0v) is 18.6. The first-order chi connectivity index (χ1) is 15.6. The minimum Gasteiger partial charge on any atom is -0.493 e. The number of nitriles is 1. The molecule has 0 amide bonds. The van der Waals surface area contributed by atoms with E-state index in [0.29, 0.717) is 24.6 Å². The molecule has 5 nitrogen and oxygen atoms in total. The van der Waals surface area contributed by atoms with Gasteiger partial charge in [-0.3, -0.25) is 4.79 Å². The van der Waals surface area contributed by atoms with Crippen LogP contribution in [0.4, 0.5) is 0 Å². The van der Waals surface area contributed by atoms with Crippen LogP contribution in [0.3, 0.4) is 0 Å². The molecule has 1 heterocycles. The monoisotopic (exact) mass is 432 g/mol. The van der Waals surface area contributed by atoms with Crippen molar-refractivity contribution in [2.24, 2.45) is 11.3 Å². The van der Waals surface area contributed by atoms with E-state index in [-0.39, 0.29) is 11.8 Å². The van der Waals surface area contributed by atoms with Gasteiger partial charge in [-0.15, -0.1) is 0 Å². The minimum atomic E-state index is -0.730. The van der Waals surface area contributed by atoms with Crippen LogP contribution in [-0.4, -0.2) is 42.2 Å². The van der Waals surface area contributed by atoms with Gasteiger partial charge in [-0.2, -0.15) is 5.26 Å². The summed E-state index contributed by atoms with van der Waals surface area (Å²) in [5.74, 6) is 1.54. The molecule has 32 heavy (non-hydrogen) atoms. The fourth-order valence-electron chi connectivity index (χ4n) is 5.00. The minimum absolute atomic E-state index is 0.122. The molecule has 2 fully saturated rings. The Bertz CT molecular complexity index is 928. The van der Waals surface area contributed by atoms with Crippen LogP contribution in [0.5, 0.6) is 5.75 Å². The molecule has 1 aliphatic carbocycles. The normalized spacial score (nSPS) is 22.1. The molecule has 5 heteroatoms. The van der Waals surface area contributed by atoms with Crippen LogP contribution in [0.2, 0.25) is 0 Å². The molecule has 4 rings (SSSR count). The predicted octanol–water partition coefficient (Wildman–Crippen LogP) is 5.08. The smallest absolute Gasteiger partial charge is 0.304 e. The standard InChI is InChI=1S/C27H32N2O3/c28-19-21-6-8-24(9-7-21)32-20-27(13-16-29(17-14-27)15-11-26(30)31)12-10-23-18-25(23)22-4-2-1-3-5-22/h1-9,23,25H,10-18,20H2,(H,30,31)/t23-,25?/m1/s1. The van der Waals surface area contributed by atoms with Gasteiger partial charge in [0.15, 0.2) is 0 Å². The van der Waals surface area contributed by atoms with E-state index in [2.05, 4.69) is 41.3 Å².